The van der Waals surface area contributed by atoms with E-state index >= 15 is 0 Å². The summed E-state index contributed by atoms with van der Waals surface area (Å²) in [5.41, 5.74) is 1.43. The maximum Gasteiger partial charge on any atom is 0.199 e. The van der Waals surface area contributed by atoms with Gasteiger partial charge in [0.05, 0.1) is 6.61 Å². The Balaban J connectivity index is 1.93. The van der Waals surface area contributed by atoms with E-state index in [0.717, 1.165) is 25.2 Å². The molecule has 0 saturated carbocycles. The predicted octanol–water partition coefficient (Wildman–Crippen LogP) is 4.89. The van der Waals surface area contributed by atoms with Gasteiger partial charge in [-0.2, -0.15) is 0 Å². The molecule has 0 N–H and O–H groups in total. The summed E-state index contributed by atoms with van der Waals surface area (Å²) >= 11 is 0. The summed E-state index contributed by atoms with van der Waals surface area (Å²) in [5.74, 6) is 1.62. The number of benzene rings is 1. The normalized spacial score (nSPS) is 21.1. The highest BCUT2D eigenvalue weighted by molar-refractivity contribution is 5.29. The zero-order valence-electron chi connectivity index (χ0n) is 12.2. The van der Waals surface area contributed by atoms with Crippen LogP contribution in [-0.2, 0) is 4.74 Å². The molecule has 2 heteroatoms. The van der Waals surface area contributed by atoms with Crippen molar-refractivity contribution in [2.75, 3.05) is 6.61 Å². The Hall–Kier alpha value is -1.02. The van der Waals surface area contributed by atoms with Crippen LogP contribution >= 0.6 is 0 Å². The van der Waals surface area contributed by atoms with Crippen LogP contribution in [0, 0.1) is 0 Å². The Morgan fingerprint density at radius 1 is 1.21 bits per heavy atom. The summed E-state index contributed by atoms with van der Waals surface area (Å²) in [6.45, 7) is 5.35. The van der Waals surface area contributed by atoms with E-state index in [9.17, 15) is 0 Å². The molecule has 2 unspecified atom stereocenters. The van der Waals surface area contributed by atoms with Gasteiger partial charge in [-0.3, -0.25) is 0 Å². The lowest BCUT2D eigenvalue weighted by Crippen LogP contribution is -2.24. The molecule has 1 heterocycles. The second kappa shape index (κ2) is 7.54. The van der Waals surface area contributed by atoms with E-state index in [0.29, 0.717) is 5.92 Å². The second-order valence-electron chi connectivity index (χ2n) is 5.38. The van der Waals surface area contributed by atoms with Crippen molar-refractivity contribution >= 4 is 0 Å². The molecule has 0 radical (unpaired) electrons. The predicted molar refractivity (Wildman–Crippen MR) is 78.6 cm³/mol. The molecule has 2 rings (SSSR count). The molecule has 0 bridgehead atoms. The summed E-state index contributed by atoms with van der Waals surface area (Å²) < 4.78 is 11.5. The topological polar surface area (TPSA) is 18.5 Å². The fraction of sp³-hybridized carbons (Fsp3) is 0.647. The van der Waals surface area contributed by atoms with Gasteiger partial charge >= 0.3 is 0 Å². The second-order valence-corrected chi connectivity index (χ2v) is 5.38. The minimum absolute atomic E-state index is 0.0442. The Bertz CT molecular complexity index is 352. The Morgan fingerprint density at radius 3 is 2.58 bits per heavy atom. The van der Waals surface area contributed by atoms with Crippen LogP contribution < -0.4 is 4.74 Å². The summed E-state index contributed by atoms with van der Waals surface area (Å²) in [6.07, 6.45) is 7.05. The molecule has 0 spiro atoms. The SMILES string of the molecule is CCCC(CC)c1ccc(OC2CCCCO2)cc1. The highest BCUT2D eigenvalue weighted by Crippen LogP contribution is 2.27. The molecule has 2 atom stereocenters. The number of rotatable bonds is 6. The van der Waals surface area contributed by atoms with E-state index in [1.165, 1.54) is 31.2 Å². The van der Waals surface area contributed by atoms with Crippen LogP contribution in [0.25, 0.3) is 0 Å². The summed E-state index contributed by atoms with van der Waals surface area (Å²) in [5, 5.41) is 0. The summed E-state index contributed by atoms with van der Waals surface area (Å²) in [6, 6.07) is 8.60. The van der Waals surface area contributed by atoms with Gasteiger partial charge in [0.15, 0.2) is 6.29 Å². The first-order valence-corrected chi connectivity index (χ1v) is 7.71. The number of hydrogen-bond donors (Lipinski definition) is 0. The van der Waals surface area contributed by atoms with E-state index in [1.54, 1.807) is 0 Å². The van der Waals surface area contributed by atoms with Crippen LogP contribution in [0.1, 0.15) is 63.9 Å². The van der Waals surface area contributed by atoms with E-state index < -0.39 is 0 Å². The van der Waals surface area contributed by atoms with Crippen LogP contribution in [0.4, 0.5) is 0 Å². The minimum Gasteiger partial charge on any atom is -0.465 e. The number of hydrogen-bond acceptors (Lipinski definition) is 2. The smallest absolute Gasteiger partial charge is 0.199 e. The van der Waals surface area contributed by atoms with E-state index in [1.807, 2.05) is 0 Å². The molecule has 1 fully saturated rings. The lowest BCUT2D eigenvalue weighted by atomic mass is 9.92. The molecular weight excluding hydrogens is 236 g/mol. The van der Waals surface area contributed by atoms with Crippen molar-refractivity contribution in [2.45, 2.75) is 64.6 Å². The molecule has 1 aliphatic heterocycles. The zero-order chi connectivity index (χ0) is 13.5. The molecule has 0 aliphatic carbocycles. The van der Waals surface area contributed by atoms with Gasteiger partial charge in [-0.05, 0) is 49.3 Å². The first-order valence-electron chi connectivity index (χ1n) is 7.71. The standard InChI is InChI=1S/C17H26O2/c1-3-7-14(4-2)15-9-11-16(12-10-15)19-17-8-5-6-13-18-17/h9-12,14,17H,3-8,13H2,1-2H3. The molecule has 0 amide bonds. The molecule has 1 aliphatic rings. The molecule has 1 saturated heterocycles. The lowest BCUT2D eigenvalue weighted by molar-refractivity contribution is -0.105. The van der Waals surface area contributed by atoms with Gasteiger partial charge in [-0.25, -0.2) is 0 Å². The van der Waals surface area contributed by atoms with Crippen molar-refractivity contribution in [1.29, 1.82) is 0 Å². The molecule has 106 valence electrons. The third-order valence-corrected chi connectivity index (χ3v) is 3.89. The average molecular weight is 262 g/mol. The van der Waals surface area contributed by atoms with Gasteiger partial charge in [0, 0.05) is 6.42 Å². The molecule has 0 aromatic heterocycles. The van der Waals surface area contributed by atoms with Crippen LogP contribution in [0.2, 0.25) is 0 Å². The van der Waals surface area contributed by atoms with Gasteiger partial charge < -0.3 is 9.47 Å². The Morgan fingerprint density at radius 2 is 2.00 bits per heavy atom. The average Bonchev–Trinajstić information content (AvgIpc) is 2.47. The molecule has 19 heavy (non-hydrogen) atoms. The fourth-order valence-corrected chi connectivity index (χ4v) is 2.73. The Labute approximate surface area is 117 Å². The maximum atomic E-state index is 5.86. The van der Waals surface area contributed by atoms with Gasteiger partial charge in [0.25, 0.3) is 0 Å². The van der Waals surface area contributed by atoms with Crippen molar-refractivity contribution in [1.82, 2.24) is 0 Å². The monoisotopic (exact) mass is 262 g/mol. The van der Waals surface area contributed by atoms with Gasteiger partial charge in [-0.15, -0.1) is 0 Å². The van der Waals surface area contributed by atoms with Crippen molar-refractivity contribution in [3.8, 4) is 5.75 Å². The largest absolute Gasteiger partial charge is 0.465 e. The maximum absolute atomic E-state index is 5.86. The van der Waals surface area contributed by atoms with Crippen molar-refractivity contribution in [2.24, 2.45) is 0 Å². The van der Waals surface area contributed by atoms with E-state index in [4.69, 9.17) is 9.47 Å². The molecule has 1 aromatic carbocycles. The van der Waals surface area contributed by atoms with Crippen LogP contribution in [0.15, 0.2) is 24.3 Å². The highest BCUT2D eigenvalue weighted by Gasteiger charge is 2.15. The third-order valence-electron chi connectivity index (χ3n) is 3.89. The fourth-order valence-electron chi connectivity index (χ4n) is 2.73. The molecule has 1 aromatic rings. The third kappa shape index (κ3) is 4.24. The summed E-state index contributed by atoms with van der Waals surface area (Å²) in [4.78, 5) is 0. The minimum atomic E-state index is -0.0442. The van der Waals surface area contributed by atoms with Crippen LogP contribution in [0.3, 0.4) is 0 Å². The lowest BCUT2D eigenvalue weighted by Gasteiger charge is -2.23. The number of ether oxygens (including phenoxy) is 2. The molecular formula is C17H26O2. The van der Waals surface area contributed by atoms with Crippen molar-refractivity contribution in [3.63, 3.8) is 0 Å². The quantitative estimate of drug-likeness (QED) is 0.727. The Kier molecular flexibility index (Phi) is 5.71. The van der Waals surface area contributed by atoms with Crippen molar-refractivity contribution < 1.29 is 9.47 Å². The van der Waals surface area contributed by atoms with Gasteiger partial charge in [0.1, 0.15) is 5.75 Å². The van der Waals surface area contributed by atoms with Crippen LogP contribution in [-0.4, -0.2) is 12.9 Å². The first kappa shape index (κ1) is 14.4. The zero-order valence-corrected chi connectivity index (χ0v) is 12.2. The van der Waals surface area contributed by atoms with Crippen LogP contribution in [0.5, 0.6) is 5.75 Å². The van der Waals surface area contributed by atoms with E-state index in [2.05, 4.69) is 38.1 Å². The first-order chi connectivity index (χ1) is 9.33. The van der Waals surface area contributed by atoms with E-state index in [-0.39, 0.29) is 6.29 Å². The highest BCUT2D eigenvalue weighted by atomic mass is 16.7. The molecule has 2 nitrogen and oxygen atoms in total. The van der Waals surface area contributed by atoms with Gasteiger partial charge in [-0.1, -0.05) is 32.4 Å². The van der Waals surface area contributed by atoms with Gasteiger partial charge in [0.2, 0.25) is 0 Å². The summed E-state index contributed by atoms with van der Waals surface area (Å²) in [7, 11) is 0. The van der Waals surface area contributed by atoms with Crippen molar-refractivity contribution in [3.05, 3.63) is 29.8 Å².